The lowest BCUT2D eigenvalue weighted by Gasteiger charge is -2.20. The van der Waals surface area contributed by atoms with Crippen molar-refractivity contribution in [3.8, 4) is 6.07 Å². The quantitative estimate of drug-likeness (QED) is 0.811. The van der Waals surface area contributed by atoms with Gasteiger partial charge in [0.15, 0.2) is 0 Å². The second-order valence-corrected chi connectivity index (χ2v) is 6.44. The van der Waals surface area contributed by atoms with E-state index < -0.39 is 9.84 Å². The van der Waals surface area contributed by atoms with E-state index in [1.54, 1.807) is 18.0 Å². The molecule has 0 saturated carbocycles. The van der Waals surface area contributed by atoms with Gasteiger partial charge in [-0.1, -0.05) is 6.07 Å². The molecule has 17 heavy (non-hydrogen) atoms. The molecule has 0 aliphatic rings. The molecule has 0 bridgehead atoms. The van der Waals surface area contributed by atoms with Crippen molar-refractivity contribution >= 4 is 15.5 Å². The molecule has 4 nitrogen and oxygen atoms in total. The van der Waals surface area contributed by atoms with Crippen LogP contribution in [0.15, 0.2) is 18.2 Å². The van der Waals surface area contributed by atoms with Gasteiger partial charge in [-0.3, -0.25) is 0 Å². The minimum atomic E-state index is -2.98. The molecular formula is C12H16N2O2S. The molecule has 0 aliphatic heterocycles. The summed E-state index contributed by atoms with van der Waals surface area (Å²) in [4.78, 5) is 1.80. The first-order valence-corrected chi connectivity index (χ1v) is 7.29. The zero-order valence-corrected chi connectivity index (χ0v) is 11.1. The molecule has 1 aromatic rings. The minimum Gasteiger partial charge on any atom is -0.373 e. The van der Waals surface area contributed by atoms with Crippen molar-refractivity contribution in [2.24, 2.45) is 0 Å². The lowest BCUT2D eigenvalue weighted by atomic mass is 10.1. The maximum Gasteiger partial charge on any atom is 0.149 e. The number of rotatable bonds is 4. The molecule has 1 aromatic carbocycles. The van der Waals surface area contributed by atoms with Crippen molar-refractivity contribution in [1.29, 1.82) is 5.26 Å². The topological polar surface area (TPSA) is 61.2 Å². The molecule has 0 spiro atoms. The van der Waals surface area contributed by atoms with E-state index >= 15 is 0 Å². The molecular weight excluding hydrogens is 236 g/mol. The van der Waals surface area contributed by atoms with E-state index in [2.05, 4.69) is 6.07 Å². The third-order valence-electron chi connectivity index (χ3n) is 2.48. The third kappa shape index (κ3) is 4.08. The average molecular weight is 252 g/mol. The molecule has 0 amide bonds. The fourth-order valence-corrected chi connectivity index (χ4v) is 2.08. The highest BCUT2D eigenvalue weighted by atomic mass is 32.2. The number of benzene rings is 1. The van der Waals surface area contributed by atoms with Crippen LogP contribution < -0.4 is 4.90 Å². The fourth-order valence-electron chi connectivity index (χ4n) is 1.48. The molecule has 1 rings (SSSR count). The van der Waals surface area contributed by atoms with Gasteiger partial charge in [0.2, 0.25) is 0 Å². The van der Waals surface area contributed by atoms with Crippen molar-refractivity contribution in [1.82, 2.24) is 0 Å². The van der Waals surface area contributed by atoms with E-state index in [1.165, 1.54) is 6.26 Å². The van der Waals surface area contributed by atoms with Crippen LogP contribution in [0.4, 0.5) is 5.69 Å². The highest BCUT2D eigenvalue weighted by Crippen LogP contribution is 2.20. The maximum absolute atomic E-state index is 11.1. The van der Waals surface area contributed by atoms with Gasteiger partial charge in [-0.2, -0.15) is 5.26 Å². The standard InChI is InChI=1S/C12H16N2O2S/c1-10-4-5-11(9-13)12(8-10)14(2)6-7-17(3,15)16/h4-5,8H,6-7H2,1-3H3. The number of aryl methyl sites for hydroxylation is 1. The van der Waals surface area contributed by atoms with E-state index in [1.807, 2.05) is 19.1 Å². The number of hydrogen-bond donors (Lipinski definition) is 0. The molecule has 0 aromatic heterocycles. The molecule has 0 heterocycles. The van der Waals surface area contributed by atoms with Crippen LogP contribution in [0.2, 0.25) is 0 Å². The zero-order chi connectivity index (χ0) is 13.1. The first-order valence-electron chi connectivity index (χ1n) is 5.23. The first kappa shape index (κ1) is 13.5. The second kappa shape index (κ2) is 5.19. The Hall–Kier alpha value is -1.54. The maximum atomic E-state index is 11.1. The summed E-state index contributed by atoms with van der Waals surface area (Å²) in [5, 5.41) is 8.99. The van der Waals surface area contributed by atoms with E-state index in [0.29, 0.717) is 12.1 Å². The summed E-state index contributed by atoms with van der Waals surface area (Å²) in [7, 11) is -1.19. The molecule has 0 N–H and O–H groups in total. The summed E-state index contributed by atoms with van der Waals surface area (Å²) in [5.41, 5.74) is 2.38. The van der Waals surface area contributed by atoms with Crippen molar-refractivity contribution in [3.63, 3.8) is 0 Å². The summed E-state index contributed by atoms with van der Waals surface area (Å²) >= 11 is 0. The van der Waals surface area contributed by atoms with Crippen molar-refractivity contribution in [2.75, 3.05) is 30.5 Å². The van der Waals surface area contributed by atoms with Gasteiger partial charge >= 0.3 is 0 Å². The van der Waals surface area contributed by atoms with Gasteiger partial charge in [0.25, 0.3) is 0 Å². The molecule has 0 fully saturated rings. The number of hydrogen-bond acceptors (Lipinski definition) is 4. The zero-order valence-electron chi connectivity index (χ0n) is 10.3. The van der Waals surface area contributed by atoms with Crippen LogP contribution in [0.5, 0.6) is 0 Å². The molecule has 5 heteroatoms. The summed E-state index contributed by atoms with van der Waals surface area (Å²) in [6.45, 7) is 2.33. The lowest BCUT2D eigenvalue weighted by molar-refractivity contribution is 0.601. The van der Waals surface area contributed by atoms with Gasteiger partial charge in [0.05, 0.1) is 17.0 Å². The van der Waals surface area contributed by atoms with Crippen LogP contribution in [0.1, 0.15) is 11.1 Å². The average Bonchev–Trinajstić information content (AvgIpc) is 2.25. The SMILES string of the molecule is Cc1ccc(C#N)c(N(C)CCS(C)(=O)=O)c1. The second-order valence-electron chi connectivity index (χ2n) is 4.18. The molecule has 0 radical (unpaired) electrons. The number of nitriles is 1. The predicted octanol–water partition coefficient (Wildman–Crippen LogP) is 1.35. The van der Waals surface area contributed by atoms with Crippen LogP contribution in [-0.4, -0.2) is 34.0 Å². The molecule has 0 unspecified atom stereocenters. The first-order chi connectivity index (χ1) is 7.83. The largest absolute Gasteiger partial charge is 0.373 e. The summed E-state index contributed by atoms with van der Waals surface area (Å²) in [6.07, 6.45) is 1.21. The van der Waals surface area contributed by atoms with Gasteiger partial charge in [0, 0.05) is 19.8 Å². The Kier molecular flexibility index (Phi) is 4.13. The van der Waals surface area contributed by atoms with Crippen LogP contribution in [0.3, 0.4) is 0 Å². The Morgan fingerprint density at radius 2 is 2.06 bits per heavy atom. The molecule has 92 valence electrons. The third-order valence-corrected chi connectivity index (χ3v) is 3.41. The normalized spacial score (nSPS) is 10.9. The van der Waals surface area contributed by atoms with Crippen molar-refractivity contribution in [3.05, 3.63) is 29.3 Å². The van der Waals surface area contributed by atoms with Crippen LogP contribution in [0.25, 0.3) is 0 Å². The molecule has 0 saturated heterocycles. The smallest absolute Gasteiger partial charge is 0.149 e. The Labute approximate surface area is 102 Å². The van der Waals surface area contributed by atoms with Crippen molar-refractivity contribution < 1.29 is 8.42 Å². The Balaban J connectivity index is 2.92. The van der Waals surface area contributed by atoms with E-state index in [0.717, 1.165) is 11.3 Å². The minimum absolute atomic E-state index is 0.0856. The molecule has 0 atom stereocenters. The van der Waals surface area contributed by atoms with Crippen LogP contribution in [0, 0.1) is 18.3 Å². The number of sulfone groups is 1. The predicted molar refractivity (Wildman–Crippen MR) is 68.9 cm³/mol. The summed E-state index contributed by atoms with van der Waals surface area (Å²) in [6, 6.07) is 7.62. The monoisotopic (exact) mass is 252 g/mol. The van der Waals surface area contributed by atoms with E-state index in [4.69, 9.17) is 5.26 Å². The lowest BCUT2D eigenvalue weighted by Crippen LogP contribution is -2.25. The van der Waals surface area contributed by atoms with Crippen LogP contribution in [-0.2, 0) is 9.84 Å². The van der Waals surface area contributed by atoms with Gasteiger partial charge in [0.1, 0.15) is 15.9 Å². The Bertz CT molecular complexity index is 544. The van der Waals surface area contributed by atoms with Gasteiger partial charge in [-0.05, 0) is 24.6 Å². The number of nitrogens with zero attached hydrogens (tertiary/aromatic N) is 2. The highest BCUT2D eigenvalue weighted by Gasteiger charge is 2.10. The van der Waals surface area contributed by atoms with E-state index in [-0.39, 0.29) is 5.75 Å². The fraction of sp³-hybridized carbons (Fsp3) is 0.417. The van der Waals surface area contributed by atoms with Crippen LogP contribution >= 0.6 is 0 Å². The van der Waals surface area contributed by atoms with E-state index in [9.17, 15) is 8.42 Å². The van der Waals surface area contributed by atoms with Gasteiger partial charge < -0.3 is 4.90 Å². The summed E-state index contributed by atoms with van der Waals surface area (Å²) in [5.74, 6) is 0.0856. The highest BCUT2D eigenvalue weighted by molar-refractivity contribution is 7.90. The Morgan fingerprint density at radius 1 is 1.41 bits per heavy atom. The van der Waals surface area contributed by atoms with Crippen molar-refractivity contribution in [2.45, 2.75) is 6.92 Å². The Morgan fingerprint density at radius 3 is 2.59 bits per heavy atom. The van der Waals surface area contributed by atoms with Gasteiger partial charge in [-0.15, -0.1) is 0 Å². The number of anilines is 1. The van der Waals surface area contributed by atoms with Gasteiger partial charge in [-0.25, -0.2) is 8.42 Å². The molecule has 0 aliphatic carbocycles. The summed E-state index contributed by atoms with van der Waals surface area (Å²) < 4.78 is 22.2.